The molecule has 1 atom stereocenters. The molecule has 0 aromatic heterocycles. The van der Waals surface area contributed by atoms with Crippen LogP contribution in [0.3, 0.4) is 0 Å². The maximum absolute atomic E-state index is 6.56. The molecule has 1 saturated heterocycles. The van der Waals surface area contributed by atoms with Gasteiger partial charge < -0.3 is 9.33 Å². The van der Waals surface area contributed by atoms with Gasteiger partial charge >= 0.3 is 0 Å². The Kier molecular flexibility index (Phi) is 8.28. The van der Waals surface area contributed by atoms with Gasteiger partial charge in [-0.15, -0.1) is 0 Å². The molecule has 5 heteroatoms. The van der Waals surface area contributed by atoms with Crippen LogP contribution in [0.25, 0.3) is 0 Å². The molecule has 0 bridgehead atoms. The molecule has 0 saturated carbocycles. The van der Waals surface area contributed by atoms with Crippen LogP contribution in [-0.4, -0.2) is 38.8 Å². The first-order valence-corrected chi connectivity index (χ1v) is 17.9. The normalized spacial score (nSPS) is 20.7. The van der Waals surface area contributed by atoms with E-state index >= 15 is 0 Å². The predicted octanol–water partition coefficient (Wildman–Crippen LogP) is 6.29. The molecule has 1 fully saturated rings. The highest BCUT2D eigenvalue weighted by Gasteiger charge is 2.31. The summed E-state index contributed by atoms with van der Waals surface area (Å²) in [5.41, 5.74) is 1.46. The molecule has 0 spiro atoms. The number of rotatable bonds is 9. The molecule has 1 aliphatic heterocycles. The Morgan fingerprint density at radius 2 is 1.83 bits per heavy atom. The van der Waals surface area contributed by atoms with Crippen LogP contribution in [0.5, 0.6) is 0 Å². The monoisotopic (exact) mass is 373 g/mol. The Labute approximate surface area is 151 Å². The van der Waals surface area contributed by atoms with Gasteiger partial charge in [-0.25, -0.2) is 0 Å². The molecule has 0 unspecified atom stereocenters. The highest BCUT2D eigenvalue weighted by Crippen LogP contribution is 2.32. The average Bonchev–Trinajstić information content (AvgIpc) is 2.82. The van der Waals surface area contributed by atoms with Crippen molar-refractivity contribution in [3.63, 3.8) is 0 Å². The second-order valence-corrected chi connectivity index (χ2v) is 22.7. The van der Waals surface area contributed by atoms with Gasteiger partial charge in [0.05, 0.1) is 0 Å². The lowest BCUT2D eigenvalue weighted by Gasteiger charge is -2.35. The van der Waals surface area contributed by atoms with Gasteiger partial charge in [0.1, 0.15) is 7.22 Å². The van der Waals surface area contributed by atoms with Crippen LogP contribution < -0.4 is 0 Å². The van der Waals surface area contributed by atoms with Crippen LogP contribution in [0, 0.1) is 0 Å². The maximum Gasteiger partial charge on any atom is 0.244 e. The van der Waals surface area contributed by atoms with Gasteiger partial charge in [-0.1, -0.05) is 33.0 Å². The second kappa shape index (κ2) is 9.00. The largest absolute Gasteiger partial charge is 0.533 e. The zero-order valence-electron chi connectivity index (χ0n) is 16.8. The molecular weight excluding hydrogens is 334 g/mol. The van der Waals surface area contributed by atoms with Crippen molar-refractivity contribution in [3.05, 3.63) is 11.5 Å². The smallest absolute Gasteiger partial charge is 0.244 e. The van der Waals surface area contributed by atoms with Crippen LogP contribution in [0.2, 0.25) is 39.3 Å². The van der Waals surface area contributed by atoms with E-state index in [0.717, 1.165) is 6.42 Å². The molecule has 0 N–H and O–H groups in total. The molecular formula is C18H39NOSSi2. The third-order valence-corrected chi connectivity index (χ3v) is 9.34. The molecule has 0 amide bonds. The molecule has 0 aliphatic carbocycles. The first-order valence-electron chi connectivity index (χ1n) is 9.33. The number of hydrogen-bond acceptors (Lipinski definition) is 3. The van der Waals surface area contributed by atoms with Gasteiger partial charge in [-0.05, 0) is 63.6 Å². The standard InChI is InChI=1S/C18H39NOSSi2/c1-9-11-16(2)18(20-22(3,4)5)19-14-10-12-17(19)13-15-21-23(6,7)8/h17H,9-15H2,1-8H3/b18-16+/t17-/m0/s1. The van der Waals surface area contributed by atoms with E-state index in [4.69, 9.17) is 4.43 Å². The predicted molar refractivity (Wildman–Crippen MR) is 112 cm³/mol. The zero-order valence-corrected chi connectivity index (χ0v) is 19.6. The number of nitrogens with zero attached hydrogens (tertiary/aromatic N) is 1. The maximum atomic E-state index is 6.56. The Balaban J connectivity index is 2.81. The lowest BCUT2D eigenvalue weighted by Crippen LogP contribution is -2.37. The fraction of sp³-hybridized carbons (Fsp3) is 0.889. The topological polar surface area (TPSA) is 12.5 Å². The second-order valence-electron chi connectivity index (χ2n) is 8.79. The molecule has 2 nitrogen and oxygen atoms in total. The van der Waals surface area contributed by atoms with Crippen molar-refractivity contribution in [1.29, 1.82) is 0 Å². The molecule has 0 aromatic carbocycles. The minimum Gasteiger partial charge on any atom is -0.533 e. The summed E-state index contributed by atoms with van der Waals surface area (Å²) in [5, 5.41) is 0. The Morgan fingerprint density at radius 1 is 1.17 bits per heavy atom. The lowest BCUT2D eigenvalue weighted by atomic mass is 10.1. The van der Waals surface area contributed by atoms with E-state index in [9.17, 15) is 0 Å². The Bertz CT molecular complexity index is 399. The van der Waals surface area contributed by atoms with Crippen LogP contribution in [0.1, 0.15) is 46.0 Å². The third kappa shape index (κ3) is 8.17. The van der Waals surface area contributed by atoms with Gasteiger partial charge in [-0.2, -0.15) is 11.2 Å². The zero-order chi connectivity index (χ0) is 17.7. The molecule has 1 heterocycles. The van der Waals surface area contributed by atoms with Crippen molar-refractivity contribution in [2.45, 2.75) is 91.3 Å². The highest BCUT2D eigenvalue weighted by atomic mass is 32.4. The SMILES string of the molecule is CCC/C(C)=C(/O[Si](C)(C)C)N1CCC[C@H]1CCS[Si](C)(C)C. The molecule has 0 radical (unpaired) electrons. The molecule has 0 aromatic rings. The third-order valence-electron chi connectivity index (χ3n) is 4.02. The molecule has 1 rings (SSSR count). The van der Waals surface area contributed by atoms with E-state index in [0.29, 0.717) is 6.04 Å². The Hall–Kier alpha value is 0.124. The van der Waals surface area contributed by atoms with E-state index in [1.165, 1.54) is 49.4 Å². The summed E-state index contributed by atoms with van der Waals surface area (Å²) in [6.45, 7) is 20.0. The van der Waals surface area contributed by atoms with E-state index in [-0.39, 0.29) is 0 Å². The number of likely N-dealkylation sites (tertiary alicyclic amines) is 1. The van der Waals surface area contributed by atoms with Gasteiger partial charge in [-0.3, -0.25) is 0 Å². The van der Waals surface area contributed by atoms with Gasteiger partial charge in [0.15, 0.2) is 5.88 Å². The molecule has 23 heavy (non-hydrogen) atoms. The Morgan fingerprint density at radius 3 is 2.35 bits per heavy atom. The van der Waals surface area contributed by atoms with Crippen molar-refractivity contribution in [3.8, 4) is 0 Å². The van der Waals surface area contributed by atoms with E-state index in [2.05, 4.69) is 69.2 Å². The van der Waals surface area contributed by atoms with E-state index in [1.54, 1.807) is 0 Å². The summed E-state index contributed by atoms with van der Waals surface area (Å²) >= 11 is 2.23. The first-order chi connectivity index (χ1) is 10.5. The first kappa shape index (κ1) is 21.2. The average molecular weight is 374 g/mol. The van der Waals surface area contributed by atoms with Crippen LogP contribution in [0.4, 0.5) is 0 Å². The summed E-state index contributed by atoms with van der Waals surface area (Å²) in [6, 6.07) is 0.692. The van der Waals surface area contributed by atoms with Gasteiger partial charge in [0.2, 0.25) is 8.32 Å². The highest BCUT2D eigenvalue weighted by molar-refractivity contribution is 8.28. The summed E-state index contributed by atoms with van der Waals surface area (Å²) in [7, 11) is -2.56. The summed E-state index contributed by atoms with van der Waals surface area (Å²) in [4.78, 5) is 2.62. The van der Waals surface area contributed by atoms with Crippen molar-refractivity contribution in [2.24, 2.45) is 0 Å². The molecule has 136 valence electrons. The van der Waals surface area contributed by atoms with E-state index < -0.39 is 15.5 Å². The summed E-state index contributed by atoms with van der Waals surface area (Å²) in [5.74, 6) is 2.55. The number of hydrogen-bond donors (Lipinski definition) is 0. The quantitative estimate of drug-likeness (QED) is 0.348. The van der Waals surface area contributed by atoms with Gasteiger partial charge in [0.25, 0.3) is 0 Å². The summed E-state index contributed by atoms with van der Waals surface area (Å²) < 4.78 is 6.56. The van der Waals surface area contributed by atoms with Crippen LogP contribution >= 0.6 is 11.2 Å². The summed E-state index contributed by atoms with van der Waals surface area (Å²) in [6.07, 6.45) is 6.33. The number of allylic oxidation sites excluding steroid dienone is 1. The van der Waals surface area contributed by atoms with Crippen LogP contribution in [-0.2, 0) is 4.43 Å². The van der Waals surface area contributed by atoms with Crippen LogP contribution in [0.15, 0.2) is 11.5 Å². The van der Waals surface area contributed by atoms with E-state index in [1.807, 2.05) is 0 Å². The van der Waals surface area contributed by atoms with Gasteiger partial charge in [0, 0.05) is 12.6 Å². The molecule has 1 aliphatic rings. The fourth-order valence-corrected chi connectivity index (χ4v) is 7.13. The van der Waals surface area contributed by atoms with Crippen molar-refractivity contribution in [2.75, 3.05) is 12.3 Å². The minimum atomic E-state index is -1.57. The van der Waals surface area contributed by atoms with Crippen molar-refractivity contribution >= 4 is 26.8 Å². The minimum absolute atomic E-state index is 0.692. The van der Waals surface area contributed by atoms with Crippen molar-refractivity contribution in [1.82, 2.24) is 4.90 Å². The fourth-order valence-electron chi connectivity index (χ4n) is 3.07. The lowest BCUT2D eigenvalue weighted by molar-refractivity contribution is 0.189. The van der Waals surface area contributed by atoms with Crippen molar-refractivity contribution < 1.29 is 4.43 Å².